The van der Waals surface area contributed by atoms with E-state index in [-0.39, 0.29) is 12.0 Å². The normalized spacial score (nSPS) is 22.4. The second kappa shape index (κ2) is 7.41. The maximum atomic E-state index is 12.6. The van der Waals surface area contributed by atoms with Crippen LogP contribution in [0, 0.1) is 10.8 Å². The number of nitrogens with two attached hydrogens (primary N) is 1. The molecule has 3 aromatic rings. The van der Waals surface area contributed by atoms with Crippen molar-refractivity contribution in [3.8, 4) is 11.1 Å². The highest BCUT2D eigenvalue weighted by Gasteiger charge is 2.57. The molecule has 2 atom stereocenters. The number of methoxy groups -OCH3 is 1. The first-order valence-corrected chi connectivity index (χ1v) is 10.4. The molecule has 0 bridgehead atoms. The van der Waals surface area contributed by atoms with Crippen LogP contribution in [0.4, 0.5) is 5.69 Å². The van der Waals surface area contributed by atoms with E-state index in [1.54, 1.807) is 4.52 Å². The molecule has 1 amide bonds. The number of nitrogens with one attached hydrogen (secondary N) is 1. The number of ether oxygens (including phenoxy) is 1. The van der Waals surface area contributed by atoms with Gasteiger partial charge in [0, 0.05) is 23.2 Å². The molecular formula is C24H28N4O3. The molecule has 4 rings (SSSR count). The third-order valence-corrected chi connectivity index (χ3v) is 7.19. The van der Waals surface area contributed by atoms with Crippen LogP contribution in [0.3, 0.4) is 0 Å². The van der Waals surface area contributed by atoms with Gasteiger partial charge in [0.2, 0.25) is 0 Å². The Morgan fingerprint density at radius 1 is 1.19 bits per heavy atom. The molecule has 1 aromatic carbocycles. The van der Waals surface area contributed by atoms with Gasteiger partial charge < -0.3 is 15.8 Å². The average Bonchev–Trinajstić information content (AvgIpc) is 3.29. The number of hydrogen-bond donors (Lipinski definition) is 2. The van der Waals surface area contributed by atoms with E-state index in [9.17, 15) is 9.59 Å². The van der Waals surface area contributed by atoms with Crippen molar-refractivity contribution in [1.29, 1.82) is 0 Å². The van der Waals surface area contributed by atoms with Crippen molar-refractivity contribution in [2.75, 3.05) is 12.4 Å². The number of carbonyl (C=O) groups excluding carboxylic acids is 2. The number of benzene rings is 1. The summed E-state index contributed by atoms with van der Waals surface area (Å²) in [5, 5.41) is 7.95. The number of carbonyl (C=O) groups is 2. The van der Waals surface area contributed by atoms with E-state index >= 15 is 0 Å². The van der Waals surface area contributed by atoms with Crippen LogP contribution in [-0.2, 0) is 9.53 Å². The van der Waals surface area contributed by atoms with Gasteiger partial charge in [0.05, 0.1) is 35.5 Å². The topological polar surface area (TPSA) is 98.7 Å². The monoisotopic (exact) mass is 420 g/mol. The van der Waals surface area contributed by atoms with E-state index in [2.05, 4.69) is 24.3 Å². The molecule has 2 heterocycles. The Bertz CT molecular complexity index is 1150. The van der Waals surface area contributed by atoms with E-state index in [0.29, 0.717) is 17.7 Å². The number of rotatable bonds is 5. The number of fused-ring (bicyclic) bond motifs is 1. The van der Waals surface area contributed by atoms with Crippen LogP contribution in [0.25, 0.3) is 16.6 Å². The van der Waals surface area contributed by atoms with Crippen molar-refractivity contribution >= 4 is 23.1 Å². The molecule has 2 aromatic heterocycles. The number of anilines is 1. The lowest BCUT2D eigenvalue weighted by Gasteiger charge is -2.40. The predicted octanol–water partition coefficient (Wildman–Crippen LogP) is 3.88. The van der Waals surface area contributed by atoms with E-state index in [1.807, 2.05) is 49.5 Å². The lowest BCUT2D eigenvalue weighted by atomic mass is 9.67. The molecule has 2 unspecified atom stereocenters. The van der Waals surface area contributed by atoms with Crippen LogP contribution >= 0.6 is 0 Å². The molecule has 162 valence electrons. The Morgan fingerprint density at radius 2 is 1.90 bits per heavy atom. The quantitative estimate of drug-likeness (QED) is 0.611. The summed E-state index contributed by atoms with van der Waals surface area (Å²) in [4.78, 5) is 24.8. The first kappa shape index (κ1) is 20.9. The van der Waals surface area contributed by atoms with Crippen LogP contribution in [-0.4, -0.2) is 34.6 Å². The van der Waals surface area contributed by atoms with Gasteiger partial charge in [-0.25, -0.2) is 4.52 Å². The standard InChI is InChI=1S/C24H28N4O3/c1-23(2)19(10-11-24(23,3)22(30)31-4)27-20-17(21(25)29)13-26-28-14-16(12-18(20)28)15-8-6-5-7-9-15/h5-9,12-14,19,27H,10-11H2,1-4H3,(H2,25,29). The molecule has 0 saturated heterocycles. The highest BCUT2D eigenvalue weighted by atomic mass is 16.5. The fraction of sp³-hybridized carbons (Fsp3) is 0.375. The summed E-state index contributed by atoms with van der Waals surface area (Å²) < 4.78 is 6.85. The third kappa shape index (κ3) is 3.24. The molecule has 1 aliphatic rings. The molecule has 31 heavy (non-hydrogen) atoms. The second-order valence-electron chi connectivity index (χ2n) is 9.00. The Labute approximate surface area is 181 Å². The Hall–Kier alpha value is -3.35. The number of amides is 1. The number of primary amides is 1. The summed E-state index contributed by atoms with van der Waals surface area (Å²) in [6, 6.07) is 11.9. The van der Waals surface area contributed by atoms with E-state index in [1.165, 1.54) is 13.3 Å². The summed E-state index contributed by atoms with van der Waals surface area (Å²) in [5.74, 6) is -0.766. The van der Waals surface area contributed by atoms with Gasteiger partial charge >= 0.3 is 5.97 Å². The molecule has 1 aliphatic carbocycles. The Kier molecular flexibility index (Phi) is 5.00. The summed E-state index contributed by atoms with van der Waals surface area (Å²) >= 11 is 0. The van der Waals surface area contributed by atoms with Crippen LogP contribution < -0.4 is 11.1 Å². The van der Waals surface area contributed by atoms with Gasteiger partial charge in [0.1, 0.15) is 0 Å². The third-order valence-electron chi connectivity index (χ3n) is 7.19. The van der Waals surface area contributed by atoms with E-state index in [0.717, 1.165) is 23.1 Å². The van der Waals surface area contributed by atoms with E-state index < -0.39 is 16.7 Å². The molecule has 0 aliphatic heterocycles. The molecule has 0 radical (unpaired) electrons. The molecule has 1 fully saturated rings. The smallest absolute Gasteiger partial charge is 0.312 e. The zero-order valence-corrected chi connectivity index (χ0v) is 18.3. The van der Waals surface area contributed by atoms with Crippen LogP contribution in [0.15, 0.2) is 48.8 Å². The molecular weight excluding hydrogens is 392 g/mol. The van der Waals surface area contributed by atoms with Crippen molar-refractivity contribution in [3.05, 3.63) is 54.4 Å². The number of nitrogens with zero attached hydrogens (tertiary/aromatic N) is 2. The largest absolute Gasteiger partial charge is 0.469 e. The van der Waals surface area contributed by atoms with Crippen molar-refractivity contribution in [1.82, 2.24) is 9.61 Å². The first-order chi connectivity index (χ1) is 14.7. The lowest BCUT2D eigenvalue weighted by molar-refractivity contribution is -0.157. The van der Waals surface area contributed by atoms with Gasteiger partial charge in [-0.15, -0.1) is 0 Å². The Morgan fingerprint density at radius 3 is 2.55 bits per heavy atom. The molecule has 3 N–H and O–H groups in total. The van der Waals surface area contributed by atoms with Gasteiger partial charge in [-0.1, -0.05) is 44.2 Å². The number of esters is 1. The van der Waals surface area contributed by atoms with Gasteiger partial charge in [0.15, 0.2) is 0 Å². The minimum Gasteiger partial charge on any atom is -0.469 e. The SMILES string of the molecule is COC(=O)C1(C)CCC(Nc2c(C(N)=O)cnn3cc(-c4ccccc4)cc23)C1(C)C. The fourth-order valence-electron chi connectivity index (χ4n) is 4.70. The van der Waals surface area contributed by atoms with Crippen molar-refractivity contribution in [3.63, 3.8) is 0 Å². The van der Waals surface area contributed by atoms with Crippen LogP contribution in [0.2, 0.25) is 0 Å². The predicted molar refractivity (Wildman–Crippen MR) is 120 cm³/mol. The molecule has 1 saturated carbocycles. The molecule has 7 nitrogen and oxygen atoms in total. The maximum Gasteiger partial charge on any atom is 0.312 e. The second-order valence-corrected chi connectivity index (χ2v) is 9.00. The van der Waals surface area contributed by atoms with Gasteiger partial charge in [-0.05, 0) is 31.4 Å². The van der Waals surface area contributed by atoms with Gasteiger partial charge in [-0.2, -0.15) is 5.10 Å². The fourth-order valence-corrected chi connectivity index (χ4v) is 4.70. The minimum absolute atomic E-state index is 0.0593. The lowest BCUT2D eigenvalue weighted by Crippen LogP contribution is -2.45. The van der Waals surface area contributed by atoms with Crippen molar-refractivity contribution in [2.45, 2.75) is 39.7 Å². The summed E-state index contributed by atoms with van der Waals surface area (Å²) in [7, 11) is 1.42. The number of aromatic nitrogens is 2. The van der Waals surface area contributed by atoms with E-state index in [4.69, 9.17) is 10.5 Å². The highest BCUT2D eigenvalue weighted by molar-refractivity contribution is 6.02. The first-order valence-electron chi connectivity index (χ1n) is 10.4. The maximum absolute atomic E-state index is 12.6. The average molecular weight is 421 g/mol. The van der Waals surface area contributed by atoms with Gasteiger partial charge in [-0.3, -0.25) is 9.59 Å². The molecule has 0 spiro atoms. The van der Waals surface area contributed by atoms with Crippen molar-refractivity contribution in [2.24, 2.45) is 16.6 Å². The zero-order valence-electron chi connectivity index (χ0n) is 18.3. The minimum atomic E-state index is -0.632. The summed E-state index contributed by atoms with van der Waals surface area (Å²) in [6.45, 7) is 6.07. The van der Waals surface area contributed by atoms with Crippen LogP contribution in [0.5, 0.6) is 0 Å². The summed E-state index contributed by atoms with van der Waals surface area (Å²) in [5.41, 5.74) is 8.41. The highest BCUT2D eigenvalue weighted by Crippen LogP contribution is 2.54. The Balaban J connectivity index is 1.79. The van der Waals surface area contributed by atoms with Crippen LogP contribution in [0.1, 0.15) is 44.0 Å². The van der Waals surface area contributed by atoms with Crippen molar-refractivity contribution < 1.29 is 14.3 Å². The molecule has 7 heteroatoms. The zero-order chi connectivity index (χ0) is 22.4. The van der Waals surface area contributed by atoms with Gasteiger partial charge in [0.25, 0.3) is 5.91 Å². The number of hydrogen-bond acceptors (Lipinski definition) is 5. The summed E-state index contributed by atoms with van der Waals surface area (Å²) in [6.07, 6.45) is 4.87.